The zero-order chi connectivity index (χ0) is 23.0. The van der Waals surface area contributed by atoms with Gasteiger partial charge in [-0.25, -0.2) is 4.98 Å². The Hall–Kier alpha value is -1.99. The predicted molar refractivity (Wildman–Crippen MR) is 127 cm³/mol. The van der Waals surface area contributed by atoms with Crippen LogP contribution >= 0.6 is 0 Å². The van der Waals surface area contributed by atoms with Gasteiger partial charge in [0, 0.05) is 42.5 Å². The van der Waals surface area contributed by atoms with E-state index in [4.69, 9.17) is 4.42 Å². The number of aryl methyl sites for hydroxylation is 2. The van der Waals surface area contributed by atoms with Crippen LogP contribution in [0.2, 0.25) is 0 Å². The molecule has 0 fully saturated rings. The molecule has 1 atom stereocenters. The van der Waals surface area contributed by atoms with Crippen LogP contribution in [0, 0.1) is 25.7 Å². The number of nitrogens with zero attached hydrogens (tertiary/aromatic N) is 2. The van der Waals surface area contributed by atoms with Crippen LogP contribution in [0.5, 0.6) is 0 Å². The van der Waals surface area contributed by atoms with Crippen LogP contribution in [-0.2, 0) is 21.3 Å². The third kappa shape index (κ3) is 8.95. The lowest BCUT2D eigenvalue weighted by Crippen LogP contribution is -2.39. The molecule has 0 unspecified atom stereocenters. The number of nitrogens with one attached hydrogen (secondary N) is 1. The third-order valence-electron chi connectivity index (χ3n) is 4.78. The van der Waals surface area contributed by atoms with Crippen molar-refractivity contribution < 1.29 is 13.4 Å². The fourth-order valence-corrected chi connectivity index (χ4v) is 4.50. The fourth-order valence-electron chi connectivity index (χ4n) is 3.43. The van der Waals surface area contributed by atoms with Gasteiger partial charge in [0.2, 0.25) is 11.8 Å². The Bertz CT molecular complexity index is 849. The van der Waals surface area contributed by atoms with Crippen molar-refractivity contribution in [2.24, 2.45) is 11.8 Å². The highest BCUT2D eigenvalue weighted by atomic mass is 32.2. The topological polar surface area (TPSA) is 75.4 Å². The van der Waals surface area contributed by atoms with Gasteiger partial charge in [0.15, 0.2) is 0 Å². The Morgan fingerprint density at radius 1 is 1.10 bits per heavy atom. The molecule has 0 aliphatic heterocycles. The standard InChI is InChI=1S/C24H37N3O3S/c1-17(2)13-27(14-18(3)4)12-11-25-23(28)16-31(29)15-22-20(6)30-24(26-22)21-9-7-19(5)8-10-21/h7-10,17-18H,11-16H2,1-6H3,(H,25,28)/t31-/m0/s1. The van der Waals surface area contributed by atoms with Gasteiger partial charge in [-0.05, 0) is 37.8 Å². The first-order valence-electron chi connectivity index (χ1n) is 11.0. The van der Waals surface area contributed by atoms with Crippen molar-refractivity contribution in [2.75, 3.05) is 31.9 Å². The molecule has 0 saturated carbocycles. The average Bonchev–Trinajstić information content (AvgIpc) is 3.01. The molecular formula is C24H37N3O3S. The number of hydrogen-bond acceptors (Lipinski definition) is 5. The van der Waals surface area contributed by atoms with Crippen molar-refractivity contribution in [3.8, 4) is 11.5 Å². The zero-order valence-electron chi connectivity index (χ0n) is 19.7. The largest absolute Gasteiger partial charge is 0.441 e. The van der Waals surface area contributed by atoms with Gasteiger partial charge < -0.3 is 14.6 Å². The second-order valence-corrected chi connectivity index (χ2v) is 10.5. The van der Waals surface area contributed by atoms with E-state index in [0.29, 0.717) is 35.7 Å². The number of carbonyl (C=O) groups is 1. The highest BCUT2D eigenvalue weighted by molar-refractivity contribution is 7.84. The number of oxazole rings is 1. The molecule has 0 spiro atoms. The molecule has 1 aromatic carbocycles. The minimum atomic E-state index is -1.34. The maximum absolute atomic E-state index is 12.5. The van der Waals surface area contributed by atoms with E-state index in [1.807, 2.05) is 38.1 Å². The SMILES string of the molecule is Cc1ccc(-c2nc(C[S@](=O)CC(=O)NCCN(CC(C)C)CC(C)C)c(C)o2)cc1. The van der Waals surface area contributed by atoms with Crippen LogP contribution in [0.3, 0.4) is 0 Å². The lowest BCUT2D eigenvalue weighted by Gasteiger charge is -2.26. The molecule has 0 radical (unpaired) electrons. The van der Waals surface area contributed by atoms with Gasteiger partial charge in [-0.3, -0.25) is 9.00 Å². The maximum Gasteiger partial charge on any atom is 0.232 e. The Balaban J connectivity index is 1.82. The molecule has 2 aromatic rings. The molecule has 1 aromatic heterocycles. The third-order valence-corrected chi connectivity index (χ3v) is 5.96. The molecule has 0 aliphatic rings. The molecular weight excluding hydrogens is 410 g/mol. The summed E-state index contributed by atoms with van der Waals surface area (Å²) < 4.78 is 18.3. The fraction of sp³-hybridized carbons (Fsp3) is 0.583. The van der Waals surface area contributed by atoms with E-state index in [1.165, 1.54) is 0 Å². The molecule has 6 nitrogen and oxygen atoms in total. The van der Waals surface area contributed by atoms with Gasteiger partial charge in [0.1, 0.15) is 11.5 Å². The van der Waals surface area contributed by atoms with Crippen LogP contribution < -0.4 is 5.32 Å². The van der Waals surface area contributed by atoms with Crippen LogP contribution in [0.1, 0.15) is 44.7 Å². The lowest BCUT2D eigenvalue weighted by atomic mass is 10.1. The molecule has 1 amide bonds. The van der Waals surface area contributed by atoms with E-state index in [1.54, 1.807) is 0 Å². The molecule has 7 heteroatoms. The lowest BCUT2D eigenvalue weighted by molar-refractivity contribution is -0.118. The van der Waals surface area contributed by atoms with Gasteiger partial charge in [-0.2, -0.15) is 0 Å². The summed E-state index contributed by atoms with van der Waals surface area (Å²) in [5, 5.41) is 2.91. The van der Waals surface area contributed by atoms with Crippen LogP contribution in [-0.4, -0.2) is 51.9 Å². The minimum Gasteiger partial charge on any atom is -0.441 e. The van der Waals surface area contributed by atoms with E-state index in [0.717, 1.165) is 30.8 Å². The van der Waals surface area contributed by atoms with Gasteiger partial charge in [-0.1, -0.05) is 45.4 Å². The quantitative estimate of drug-likeness (QED) is 0.533. The van der Waals surface area contributed by atoms with Gasteiger partial charge >= 0.3 is 0 Å². The van der Waals surface area contributed by atoms with E-state index in [2.05, 4.69) is 42.9 Å². The van der Waals surface area contributed by atoms with E-state index in [9.17, 15) is 9.00 Å². The molecule has 0 bridgehead atoms. The summed E-state index contributed by atoms with van der Waals surface area (Å²) in [6.45, 7) is 16.0. The first kappa shape index (κ1) is 25.3. The summed E-state index contributed by atoms with van der Waals surface area (Å²) in [6.07, 6.45) is 0. The van der Waals surface area contributed by atoms with Gasteiger partial charge in [0.05, 0.1) is 11.4 Å². The molecule has 1 N–H and O–H groups in total. The molecule has 1 heterocycles. The van der Waals surface area contributed by atoms with Crippen molar-refractivity contribution >= 4 is 16.7 Å². The van der Waals surface area contributed by atoms with E-state index in [-0.39, 0.29) is 17.4 Å². The first-order chi connectivity index (χ1) is 14.6. The van der Waals surface area contributed by atoms with Crippen molar-refractivity contribution in [3.05, 3.63) is 41.3 Å². The predicted octanol–water partition coefficient (Wildman–Crippen LogP) is 3.94. The van der Waals surface area contributed by atoms with Crippen molar-refractivity contribution in [2.45, 2.75) is 47.3 Å². The normalized spacial score (nSPS) is 12.7. The van der Waals surface area contributed by atoms with Crippen LogP contribution in [0.4, 0.5) is 0 Å². The first-order valence-corrected chi connectivity index (χ1v) is 12.5. The molecule has 172 valence electrons. The van der Waals surface area contributed by atoms with E-state index < -0.39 is 10.8 Å². The second kappa shape index (κ2) is 12.2. The highest BCUT2D eigenvalue weighted by Gasteiger charge is 2.16. The summed E-state index contributed by atoms with van der Waals surface area (Å²) in [5.74, 6) is 2.32. The minimum absolute atomic E-state index is 0.0273. The van der Waals surface area contributed by atoms with Crippen molar-refractivity contribution in [1.29, 1.82) is 0 Å². The Morgan fingerprint density at radius 3 is 2.29 bits per heavy atom. The molecule has 0 saturated heterocycles. The number of amides is 1. The Labute approximate surface area is 189 Å². The van der Waals surface area contributed by atoms with Crippen molar-refractivity contribution in [3.63, 3.8) is 0 Å². The monoisotopic (exact) mass is 447 g/mol. The Kier molecular flexibility index (Phi) is 9.91. The van der Waals surface area contributed by atoms with Crippen LogP contribution in [0.15, 0.2) is 28.7 Å². The molecule has 31 heavy (non-hydrogen) atoms. The molecule has 0 aliphatic carbocycles. The zero-order valence-corrected chi connectivity index (χ0v) is 20.6. The summed E-state index contributed by atoms with van der Waals surface area (Å²) in [5.41, 5.74) is 2.69. The maximum atomic E-state index is 12.5. The summed E-state index contributed by atoms with van der Waals surface area (Å²) in [7, 11) is -1.34. The number of aromatic nitrogens is 1. The van der Waals surface area contributed by atoms with Gasteiger partial charge in [0.25, 0.3) is 0 Å². The molecule has 2 rings (SSSR count). The number of rotatable bonds is 12. The number of hydrogen-bond donors (Lipinski definition) is 1. The van der Waals surface area contributed by atoms with Crippen LogP contribution in [0.25, 0.3) is 11.5 Å². The number of benzene rings is 1. The van der Waals surface area contributed by atoms with Gasteiger partial charge in [-0.15, -0.1) is 0 Å². The second-order valence-electron chi connectivity index (χ2n) is 9.01. The summed E-state index contributed by atoms with van der Waals surface area (Å²) in [4.78, 5) is 19.1. The Morgan fingerprint density at radius 2 is 1.71 bits per heavy atom. The van der Waals surface area contributed by atoms with Crippen molar-refractivity contribution in [1.82, 2.24) is 15.2 Å². The number of carbonyl (C=O) groups excluding carboxylic acids is 1. The van der Waals surface area contributed by atoms with E-state index >= 15 is 0 Å². The smallest absolute Gasteiger partial charge is 0.232 e. The highest BCUT2D eigenvalue weighted by Crippen LogP contribution is 2.22. The summed E-state index contributed by atoms with van der Waals surface area (Å²) in [6, 6.07) is 7.91. The average molecular weight is 448 g/mol. The summed E-state index contributed by atoms with van der Waals surface area (Å²) >= 11 is 0.